The van der Waals surface area contributed by atoms with Crippen LogP contribution in [0.25, 0.3) is 0 Å². The third kappa shape index (κ3) is 2.94. The summed E-state index contributed by atoms with van der Waals surface area (Å²) in [6, 6.07) is 8.54. The van der Waals surface area contributed by atoms with Crippen molar-refractivity contribution in [1.82, 2.24) is 10.3 Å². The molecule has 3 nitrogen and oxygen atoms in total. The predicted molar refractivity (Wildman–Crippen MR) is 80.2 cm³/mol. The molecule has 0 fully saturated rings. The molecule has 0 spiro atoms. The van der Waals surface area contributed by atoms with Crippen molar-refractivity contribution in [3.63, 3.8) is 0 Å². The zero-order chi connectivity index (χ0) is 13.1. The number of rotatable bonds is 4. The zero-order valence-electron chi connectivity index (χ0n) is 10.7. The molecule has 2 atom stereocenters. The quantitative estimate of drug-likeness (QED) is 0.939. The van der Waals surface area contributed by atoms with Gasteiger partial charge in [0, 0.05) is 28.6 Å². The van der Waals surface area contributed by atoms with Gasteiger partial charge in [0.1, 0.15) is 11.9 Å². The van der Waals surface area contributed by atoms with Crippen LogP contribution in [0.5, 0.6) is 5.75 Å². The van der Waals surface area contributed by atoms with E-state index in [2.05, 4.69) is 22.4 Å². The Labute approximate surface area is 121 Å². The Bertz CT molecular complexity index is 530. The van der Waals surface area contributed by atoms with Gasteiger partial charge in [0.05, 0.1) is 11.0 Å². The molecule has 0 radical (unpaired) electrons. The molecule has 0 saturated heterocycles. The van der Waals surface area contributed by atoms with Crippen molar-refractivity contribution in [2.24, 2.45) is 0 Å². The Balaban J connectivity index is 1.72. The second kappa shape index (κ2) is 5.94. The normalized spacial score (nSPS) is 19.5. The van der Waals surface area contributed by atoms with Crippen LogP contribution >= 0.6 is 23.1 Å². The van der Waals surface area contributed by atoms with Gasteiger partial charge in [-0.15, -0.1) is 23.1 Å². The number of ether oxygens (including phenoxy) is 1. The average molecular weight is 292 g/mol. The van der Waals surface area contributed by atoms with Crippen LogP contribution in [0.1, 0.15) is 5.01 Å². The van der Waals surface area contributed by atoms with Crippen LogP contribution in [0.4, 0.5) is 0 Å². The Hall–Kier alpha value is -1.04. The number of para-hydroxylation sites is 1. The maximum atomic E-state index is 6.13. The zero-order valence-corrected chi connectivity index (χ0v) is 12.3. The summed E-state index contributed by atoms with van der Waals surface area (Å²) < 4.78 is 6.13. The molecule has 1 N–H and O–H groups in total. The third-order valence-corrected chi connectivity index (χ3v) is 5.17. The van der Waals surface area contributed by atoms with Crippen molar-refractivity contribution in [3.05, 3.63) is 40.8 Å². The number of benzene rings is 1. The lowest BCUT2D eigenvalue weighted by atomic mass is 10.1. The number of fused-ring (bicyclic) bond motifs is 1. The second-order valence-electron chi connectivity index (χ2n) is 4.44. The minimum absolute atomic E-state index is 0.189. The average Bonchev–Trinajstić information content (AvgIpc) is 2.97. The molecule has 1 aromatic heterocycles. The predicted octanol–water partition coefficient (Wildman–Crippen LogP) is 2.83. The number of likely N-dealkylation sites (N-methyl/N-ethyl adjacent to an activating group) is 1. The third-order valence-electron chi connectivity index (χ3n) is 3.23. The molecule has 3 rings (SSSR count). The summed E-state index contributed by atoms with van der Waals surface area (Å²) in [5.41, 5.74) is 0. The van der Waals surface area contributed by atoms with E-state index in [9.17, 15) is 0 Å². The number of hydrogen-bond donors (Lipinski definition) is 1. The summed E-state index contributed by atoms with van der Waals surface area (Å²) in [5, 5.41) is 6.55. The van der Waals surface area contributed by atoms with Gasteiger partial charge in [0.2, 0.25) is 0 Å². The first kappa shape index (κ1) is 13.0. The highest BCUT2D eigenvalue weighted by Crippen LogP contribution is 2.36. The fourth-order valence-electron chi connectivity index (χ4n) is 2.20. The standard InChI is InChI=1S/C14H16N2OS2/c1-15-10(8-14-16-6-7-18-14)12-9-19-13-5-3-2-4-11(13)17-12/h2-7,10,12,15H,8-9H2,1H3. The number of nitrogens with one attached hydrogen (secondary N) is 1. The molecule has 2 heterocycles. The summed E-state index contributed by atoms with van der Waals surface area (Å²) in [7, 11) is 1.99. The lowest BCUT2D eigenvalue weighted by molar-refractivity contribution is 0.169. The second-order valence-corrected chi connectivity index (χ2v) is 6.48. The highest BCUT2D eigenvalue weighted by molar-refractivity contribution is 7.99. The first-order valence-electron chi connectivity index (χ1n) is 6.31. The van der Waals surface area contributed by atoms with Crippen molar-refractivity contribution < 1.29 is 4.74 Å². The topological polar surface area (TPSA) is 34.2 Å². The molecule has 0 aliphatic carbocycles. The van der Waals surface area contributed by atoms with Gasteiger partial charge >= 0.3 is 0 Å². The van der Waals surface area contributed by atoms with Crippen molar-refractivity contribution in [3.8, 4) is 5.75 Å². The molecule has 2 unspecified atom stereocenters. The van der Waals surface area contributed by atoms with Crippen LogP contribution in [-0.2, 0) is 6.42 Å². The molecule has 2 aromatic rings. The van der Waals surface area contributed by atoms with E-state index in [-0.39, 0.29) is 6.10 Å². The van der Waals surface area contributed by atoms with Crippen LogP contribution in [0, 0.1) is 0 Å². The van der Waals surface area contributed by atoms with Crippen molar-refractivity contribution in [2.75, 3.05) is 12.8 Å². The van der Waals surface area contributed by atoms with Crippen LogP contribution in [-0.4, -0.2) is 29.9 Å². The molecule has 1 aliphatic rings. The number of aromatic nitrogens is 1. The lowest BCUT2D eigenvalue weighted by Crippen LogP contribution is -2.45. The van der Waals surface area contributed by atoms with E-state index >= 15 is 0 Å². The SMILES string of the molecule is CNC(Cc1nccs1)C1CSc2ccccc2O1. The molecule has 0 saturated carbocycles. The number of nitrogens with zero attached hydrogens (tertiary/aromatic N) is 1. The van der Waals surface area contributed by atoms with Gasteiger partial charge in [-0.25, -0.2) is 4.98 Å². The van der Waals surface area contributed by atoms with E-state index in [0.29, 0.717) is 6.04 Å². The van der Waals surface area contributed by atoms with E-state index in [1.807, 2.05) is 42.5 Å². The monoisotopic (exact) mass is 292 g/mol. The molecule has 19 heavy (non-hydrogen) atoms. The van der Waals surface area contributed by atoms with Crippen molar-refractivity contribution >= 4 is 23.1 Å². The highest BCUT2D eigenvalue weighted by Gasteiger charge is 2.27. The van der Waals surface area contributed by atoms with Crippen LogP contribution in [0.3, 0.4) is 0 Å². The summed E-state index contributed by atoms with van der Waals surface area (Å²) >= 11 is 3.57. The van der Waals surface area contributed by atoms with Gasteiger partial charge in [-0.1, -0.05) is 12.1 Å². The van der Waals surface area contributed by atoms with E-state index < -0.39 is 0 Å². The van der Waals surface area contributed by atoms with Gasteiger partial charge in [-0.2, -0.15) is 0 Å². The fraction of sp³-hybridized carbons (Fsp3) is 0.357. The molecule has 1 aliphatic heterocycles. The molecule has 5 heteroatoms. The summed E-state index contributed by atoms with van der Waals surface area (Å²) in [5.74, 6) is 1.98. The molecular formula is C14H16N2OS2. The van der Waals surface area contributed by atoms with Gasteiger partial charge in [0.25, 0.3) is 0 Å². The Morgan fingerprint density at radius 1 is 1.47 bits per heavy atom. The van der Waals surface area contributed by atoms with Gasteiger partial charge in [-0.05, 0) is 19.2 Å². The van der Waals surface area contributed by atoms with Crippen LogP contribution in [0.15, 0.2) is 40.7 Å². The molecule has 1 aromatic carbocycles. The highest BCUT2D eigenvalue weighted by atomic mass is 32.2. The Kier molecular flexibility index (Phi) is 4.06. The Morgan fingerprint density at radius 2 is 2.37 bits per heavy atom. The van der Waals surface area contributed by atoms with E-state index in [1.54, 1.807) is 11.3 Å². The summed E-state index contributed by atoms with van der Waals surface area (Å²) in [4.78, 5) is 5.60. The van der Waals surface area contributed by atoms with Gasteiger partial charge in [0.15, 0.2) is 0 Å². The largest absolute Gasteiger partial charge is 0.487 e. The minimum Gasteiger partial charge on any atom is -0.487 e. The molecular weight excluding hydrogens is 276 g/mol. The first-order valence-corrected chi connectivity index (χ1v) is 8.17. The number of thioether (sulfide) groups is 1. The van der Waals surface area contributed by atoms with E-state index in [4.69, 9.17) is 4.74 Å². The minimum atomic E-state index is 0.189. The maximum Gasteiger partial charge on any atom is 0.133 e. The van der Waals surface area contributed by atoms with Crippen LogP contribution in [0.2, 0.25) is 0 Å². The molecule has 0 bridgehead atoms. The van der Waals surface area contributed by atoms with Gasteiger partial charge in [-0.3, -0.25) is 0 Å². The van der Waals surface area contributed by atoms with Crippen molar-refractivity contribution in [2.45, 2.75) is 23.5 Å². The number of thiazole rings is 1. The van der Waals surface area contributed by atoms with Crippen LogP contribution < -0.4 is 10.1 Å². The first-order chi connectivity index (χ1) is 9.36. The molecule has 100 valence electrons. The summed E-state index contributed by atoms with van der Waals surface area (Å²) in [6.45, 7) is 0. The Morgan fingerprint density at radius 3 is 3.16 bits per heavy atom. The smallest absolute Gasteiger partial charge is 0.133 e. The van der Waals surface area contributed by atoms with E-state index in [1.165, 1.54) is 4.90 Å². The fourth-order valence-corrected chi connectivity index (χ4v) is 3.95. The lowest BCUT2D eigenvalue weighted by Gasteiger charge is -2.31. The summed E-state index contributed by atoms with van der Waals surface area (Å²) in [6.07, 6.45) is 2.97. The number of hydrogen-bond acceptors (Lipinski definition) is 5. The van der Waals surface area contributed by atoms with Crippen molar-refractivity contribution in [1.29, 1.82) is 0 Å². The van der Waals surface area contributed by atoms with Gasteiger partial charge < -0.3 is 10.1 Å². The maximum absolute atomic E-state index is 6.13. The van der Waals surface area contributed by atoms with E-state index in [0.717, 1.165) is 22.9 Å². The molecule has 0 amide bonds.